The molecule has 0 aliphatic carbocycles. The number of Topliss-reactive ketones (excluding diaryl/α,β-unsaturated/α-hetero) is 1. The van der Waals surface area contributed by atoms with E-state index in [9.17, 15) is 14.0 Å². The average Bonchev–Trinajstić information content (AvgIpc) is 2.95. The quantitative estimate of drug-likeness (QED) is 0.529. The highest BCUT2D eigenvalue weighted by Gasteiger charge is 2.16. The fourth-order valence-corrected chi connectivity index (χ4v) is 2.24. The van der Waals surface area contributed by atoms with E-state index in [0.717, 1.165) is 6.07 Å². The minimum absolute atomic E-state index is 0.0330. The Kier molecular flexibility index (Phi) is 4.12. The van der Waals surface area contributed by atoms with Crippen molar-refractivity contribution in [3.8, 4) is 0 Å². The molecule has 6 heteroatoms. The Morgan fingerprint density at radius 1 is 1.13 bits per heavy atom. The van der Waals surface area contributed by atoms with Crippen LogP contribution in [0.3, 0.4) is 0 Å². The predicted octanol–water partition coefficient (Wildman–Crippen LogP) is 4.27. The van der Waals surface area contributed by atoms with Gasteiger partial charge in [0.1, 0.15) is 11.4 Å². The molecule has 0 atom stereocenters. The molecule has 0 saturated heterocycles. The highest BCUT2D eigenvalue weighted by atomic mass is 35.5. The summed E-state index contributed by atoms with van der Waals surface area (Å²) in [5.74, 6) is -1.84. The van der Waals surface area contributed by atoms with Crippen molar-refractivity contribution in [1.29, 1.82) is 0 Å². The van der Waals surface area contributed by atoms with E-state index in [0.29, 0.717) is 16.0 Å². The second kappa shape index (κ2) is 6.22. The first kappa shape index (κ1) is 15.2. The van der Waals surface area contributed by atoms with Crippen LogP contribution in [-0.2, 0) is 4.74 Å². The van der Waals surface area contributed by atoms with Gasteiger partial charge in [-0.15, -0.1) is 0 Å². The first-order valence-corrected chi connectivity index (χ1v) is 7.06. The maximum absolute atomic E-state index is 13.1. The molecule has 2 aromatic carbocycles. The van der Waals surface area contributed by atoms with Gasteiger partial charge in [0.25, 0.3) is 0 Å². The summed E-state index contributed by atoms with van der Waals surface area (Å²) in [4.78, 5) is 23.8. The molecule has 0 saturated carbocycles. The van der Waals surface area contributed by atoms with Gasteiger partial charge in [0.2, 0.25) is 5.76 Å². The molecular formula is C17H10ClFO4. The lowest BCUT2D eigenvalue weighted by atomic mass is 10.1. The summed E-state index contributed by atoms with van der Waals surface area (Å²) >= 11 is 5.86. The summed E-state index contributed by atoms with van der Waals surface area (Å²) < 4.78 is 23.3. The number of esters is 1. The molecule has 0 spiro atoms. The SMILES string of the molecule is O=C(COC(=O)c1cc2cc(Cl)ccc2o1)c1cccc(F)c1. The van der Waals surface area contributed by atoms with Gasteiger partial charge in [0.05, 0.1) is 0 Å². The van der Waals surface area contributed by atoms with Gasteiger partial charge >= 0.3 is 5.97 Å². The van der Waals surface area contributed by atoms with Crippen molar-refractivity contribution in [2.75, 3.05) is 6.61 Å². The number of carbonyl (C=O) groups excluding carboxylic acids is 2. The van der Waals surface area contributed by atoms with Crippen LogP contribution in [0.25, 0.3) is 11.0 Å². The molecule has 0 radical (unpaired) electrons. The van der Waals surface area contributed by atoms with Crippen LogP contribution in [0.4, 0.5) is 4.39 Å². The molecule has 0 aliphatic rings. The zero-order valence-corrected chi connectivity index (χ0v) is 12.5. The molecular weight excluding hydrogens is 323 g/mol. The second-order valence-corrected chi connectivity index (χ2v) is 5.24. The number of halogens is 2. The standard InChI is InChI=1S/C17H10ClFO4/c18-12-4-5-15-11(6-12)8-16(23-15)17(21)22-9-14(20)10-2-1-3-13(19)7-10/h1-8H,9H2. The molecule has 3 rings (SSSR count). The molecule has 0 fully saturated rings. The van der Waals surface area contributed by atoms with E-state index in [1.54, 1.807) is 18.2 Å². The molecule has 0 aliphatic heterocycles. The van der Waals surface area contributed by atoms with Gasteiger partial charge in [-0.25, -0.2) is 9.18 Å². The van der Waals surface area contributed by atoms with E-state index in [-0.39, 0.29) is 11.3 Å². The maximum Gasteiger partial charge on any atom is 0.374 e. The van der Waals surface area contributed by atoms with Crippen molar-refractivity contribution in [1.82, 2.24) is 0 Å². The molecule has 23 heavy (non-hydrogen) atoms. The number of fused-ring (bicyclic) bond motifs is 1. The van der Waals surface area contributed by atoms with Crippen LogP contribution in [0.15, 0.2) is 52.9 Å². The van der Waals surface area contributed by atoms with Crippen molar-refractivity contribution >= 4 is 34.3 Å². The first-order valence-electron chi connectivity index (χ1n) is 6.68. The third kappa shape index (κ3) is 3.40. The molecule has 0 N–H and O–H groups in total. The van der Waals surface area contributed by atoms with Crippen molar-refractivity contribution < 1.29 is 23.1 Å². The van der Waals surface area contributed by atoms with Crippen molar-refractivity contribution in [2.24, 2.45) is 0 Å². The zero-order chi connectivity index (χ0) is 16.4. The van der Waals surface area contributed by atoms with Crippen LogP contribution in [-0.4, -0.2) is 18.4 Å². The van der Waals surface area contributed by atoms with Gasteiger partial charge in [-0.05, 0) is 36.4 Å². The van der Waals surface area contributed by atoms with Crippen LogP contribution in [0.1, 0.15) is 20.9 Å². The zero-order valence-electron chi connectivity index (χ0n) is 11.7. The summed E-state index contributed by atoms with van der Waals surface area (Å²) in [6.07, 6.45) is 0. The highest BCUT2D eigenvalue weighted by Crippen LogP contribution is 2.23. The van der Waals surface area contributed by atoms with Gasteiger partial charge in [-0.1, -0.05) is 23.7 Å². The number of ether oxygens (including phenoxy) is 1. The summed E-state index contributed by atoms with van der Waals surface area (Å²) in [6.45, 7) is -0.500. The van der Waals surface area contributed by atoms with E-state index in [4.69, 9.17) is 20.8 Å². The molecule has 1 aromatic heterocycles. The van der Waals surface area contributed by atoms with Crippen LogP contribution in [0, 0.1) is 5.82 Å². The van der Waals surface area contributed by atoms with Gasteiger partial charge in [-0.2, -0.15) is 0 Å². The minimum atomic E-state index is -0.776. The van der Waals surface area contributed by atoms with Gasteiger partial charge in [0, 0.05) is 16.0 Å². The number of carbonyl (C=O) groups is 2. The number of benzene rings is 2. The number of hydrogen-bond acceptors (Lipinski definition) is 4. The molecule has 116 valence electrons. The minimum Gasteiger partial charge on any atom is -0.451 e. The second-order valence-electron chi connectivity index (χ2n) is 4.80. The van der Waals surface area contributed by atoms with Crippen LogP contribution < -0.4 is 0 Å². The Labute approximate surface area is 135 Å². The third-order valence-corrected chi connectivity index (χ3v) is 3.40. The van der Waals surface area contributed by atoms with E-state index >= 15 is 0 Å². The van der Waals surface area contributed by atoms with E-state index in [1.165, 1.54) is 24.3 Å². The van der Waals surface area contributed by atoms with E-state index < -0.39 is 24.2 Å². The Bertz CT molecular complexity index is 900. The topological polar surface area (TPSA) is 56.5 Å². The van der Waals surface area contributed by atoms with Crippen LogP contribution >= 0.6 is 11.6 Å². The summed E-state index contributed by atoms with van der Waals surface area (Å²) in [5.41, 5.74) is 0.618. The molecule has 4 nitrogen and oxygen atoms in total. The highest BCUT2D eigenvalue weighted by molar-refractivity contribution is 6.31. The summed E-state index contributed by atoms with van der Waals surface area (Å²) in [5, 5.41) is 1.17. The lowest BCUT2D eigenvalue weighted by Gasteiger charge is -2.02. The monoisotopic (exact) mass is 332 g/mol. The van der Waals surface area contributed by atoms with Gasteiger partial charge < -0.3 is 9.15 Å². The molecule has 0 amide bonds. The van der Waals surface area contributed by atoms with Gasteiger partial charge in [0.15, 0.2) is 12.4 Å². The summed E-state index contributed by atoms with van der Waals surface area (Å²) in [6, 6.07) is 11.6. The molecule has 3 aromatic rings. The Balaban J connectivity index is 1.69. The smallest absolute Gasteiger partial charge is 0.374 e. The average molecular weight is 333 g/mol. The number of hydrogen-bond donors (Lipinski definition) is 0. The van der Waals surface area contributed by atoms with Gasteiger partial charge in [-0.3, -0.25) is 4.79 Å². The lowest BCUT2D eigenvalue weighted by molar-refractivity contribution is 0.0446. The van der Waals surface area contributed by atoms with Crippen LogP contribution in [0.5, 0.6) is 0 Å². The Morgan fingerprint density at radius 3 is 2.74 bits per heavy atom. The van der Waals surface area contributed by atoms with E-state index in [2.05, 4.69) is 0 Å². The van der Waals surface area contributed by atoms with Crippen molar-refractivity contribution in [3.05, 3.63) is 70.7 Å². The van der Waals surface area contributed by atoms with Crippen molar-refractivity contribution in [3.63, 3.8) is 0 Å². The number of ketones is 1. The predicted molar refractivity (Wildman–Crippen MR) is 82.2 cm³/mol. The molecule has 1 heterocycles. The Hall–Kier alpha value is -2.66. The van der Waals surface area contributed by atoms with Crippen LogP contribution in [0.2, 0.25) is 5.02 Å². The lowest BCUT2D eigenvalue weighted by Crippen LogP contribution is -2.14. The molecule has 0 unspecified atom stereocenters. The first-order chi connectivity index (χ1) is 11.0. The maximum atomic E-state index is 13.1. The Morgan fingerprint density at radius 2 is 1.96 bits per heavy atom. The third-order valence-electron chi connectivity index (χ3n) is 3.16. The van der Waals surface area contributed by atoms with E-state index in [1.807, 2.05) is 0 Å². The normalized spacial score (nSPS) is 10.7. The number of rotatable bonds is 4. The van der Waals surface area contributed by atoms with Crippen molar-refractivity contribution in [2.45, 2.75) is 0 Å². The fraction of sp³-hybridized carbons (Fsp3) is 0.0588. The summed E-state index contributed by atoms with van der Waals surface area (Å²) in [7, 11) is 0. The largest absolute Gasteiger partial charge is 0.451 e. The fourth-order valence-electron chi connectivity index (χ4n) is 2.06. The molecule has 0 bridgehead atoms. The number of furan rings is 1.